The summed E-state index contributed by atoms with van der Waals surface area (Å²) >= 11 is 0. The predicted octanol–water partition coefficient (Wildman–Crippen LogP) is 5.34. The molecule has 2 aliphatic rings. The third-order valence-corrected chi connectivity index (χ3v) is 7.80. The first kappa shape index (κ1) is 31.6. The number of carbonyl (C=O) groups is 2. The van der Waals surface area contributed by atoms with Crippen LogP contribution in [0.25, 0.3) is 22.4 Å². The number of H-pyrrole nitrogens is 1. The number of methoxy groups -OCH3 is 2. The van der Waals surface area contributed by atoms with Crippen LogP contribution < -0.4 is 20.3 Å². The molecular formula is C36H30N10O4. The SMILES string of the molecule is COc1ccc(C(=O)N=Nc2c3[nH]n(Cc4ccccc4)nc-3/c(=N/NC(=O)c3ccc(OC)cc3)c3nn(Cc4ccccc4)nc23)cc1. The van der Waals surface area contributed by atoms with Crippen molar-refractivity contribution in [3.8, 4) is 22.9 Å². The summed E-state index contributed by atoms with van der Waals surface area (Å²) in [7, 11) is 3.10. The second kappa shape index (κ2) is 14.0. The van der Waals surface area contributed by atoms with Crippen molar-refractivity contribution in [2.75, 3.05) is 14.2 Å². The van der Waals surface area contributed by atoms with Crippen LogP contribution in [0.1, 0.15) is 31.8 Å². The normalized spacial score (nSPS) is 11.8. The maximum atomic E-state index is 13.2. The number of amides is 2. The standard InChI is InChI=1S/C36H30N10O4/c1-49-27-17-13-25(14-18-27)35(47)39-37-29-31-33(43-45(41-31)21-23-9-5-3-6-10-23)30(38-40-36(48)26-15-19-28(50-2)20-16-26)34-32(29)42-46(44-34)22-24-11-7-4-8-12-24/h3-20,41H,21-22H2,1-2H3,(H,40,48)/b38-30-,39-37?. The third kappa shape index (κ3) is 6.71. The Labute approximate surface area is 285 Å². The minimum Gasteiger partial charge on any atom is -0.497 e. The lowest BCUT2D eigenvalue weighted by atomic mass is 10.1. The number of rotatable bonds is 10. The lowest BCUT2D eigenvalue weighted by Gasteiger charge is -2.04. The van der Waals surface area contributed by atoms with Crippen LogP contribution in [0.4, 0.5) is 5.69 Å². The Bertz CT molecular complexity index is 2310. The summed E-state index contributed by atoms with van der Waals surface area (Å²) in [6.45, 7) is 0.720. The fourth-order valence-corrected chi connectivity index (χ4v) is 5.26. The van der Waals surface area contributed by atoms with E-state index in [1.54, 1.807) is 67.5 Å². The molecule has 7 rings (SSSR count). The molecule has 0 saturated carbocycles. The second-order valence-electron chi connectivity index (χ2n) is 11.1. The first-order chi connectivity index (χ1) is 24.5. The molecule has 248 valence electrons. The van der Waals surface area contributed by atoms with Gasteiger partial charge in [-0.1, -0.05) is 60.7 Å². The van der Waals surface area contributed by atoms with E-state index in [-0.39, 0.29) is 11.0 Å². The van der Waals surface area contributed by atoms with Crippen molar-refractivity contribution < 1.29 is 19.1 Å². The van der Waals surface area contributed by atoms with E-state index >= 15 is 0 Å². The highest BCUT2D eigenvalue weighted by molar-refractivity contribution is 5.98. The third-order valence-electron chi connectivity index (χ3n) is 7.80. The second-order valence-corrected chi connectivity index (χ2v) is 11.1. The van der Waals surface area contributed by atoms with Gasteiger partial charge < -0.3 is 9.47 Å². The number of benzene rings is 5. The summed E-state index contributed by atoms with van der Waals surface area (Å²) in [6, 6.07) is 32.7. The zero-order valence-corrected chi connectivity index (χ0v) is 27.0. The maximum absolute atomic E-state index is 13.2. The molecule has 0 fully saturated rings. The lowest BCUT2D eigenvalue weighted by molar-refractivity contribution is 0.0951. The number of hydrogen-bond acceptors (Lipinski definition) is 9. The molecule has 2 heterocycles. The zero-order valence-electron chi connectivity index (χ0n) is 27.0. The van der Waals surface area contributed by atoms with Crippen LogP contribution in [0, 0.1) is 0 Å². The highest BCUT2D eigenvalue weighted by Gasteiger charge is 2.26. The van der Waals surface area contributed by atoms with E-state index in [0.29, 0.717) is 58.1 Å². The summed E-state index contributed by atoms with van der Waals surface area (Å²) in [5.74, 6) is 0.206. The lowest BCUT2D eigenvalue weighted by Crippen LogP contribution is -2.23. The predicted molar refractivity (Wildman–Crippen MR) is 183 cm³/mol. The van der Waals surface area contributed by atoms with E-state index < -0.39 is 11.8 Å². The van der Waals surface area contributed by atoms with Gasteiger partial charge in [0.05, 0.1) is 27.3 Å². The molecule has 0 bridgehead atoms. The molecule has 1 aromatic heterocycles. The highest BCUT2D eigenvalue weighted by Crippen LogP contribution is 2.33. The van der Waals surface area contributed by atoms with Gasteiger partial charge in [0.25, 0.3) is 11.8 Å². The number of carbonyl (C=O) groups excluding carboxylic acids is 2. The molecule has 5 aromatic rings. The average Bonchev–Trinajstić information content (AvgIpc) is 3.77. The van der Waals surface area contributed by atoms with Gasteiger partial charge in [0.15, 0.2) is 0 Å². The molecule has 2 N–H and O–H groups in total. The topological polar surface area (TPSA) is 166 Å². The van der Waals surface area contributed by atoms with Crippen LogP contribution in [0.3, 0.4) is 0 Å². The summed E-state index contributed by atoms with van der Waals surface area (Å²) in [6.07, 6.45) is 0. The molecule has 14 heteroatoms. The smallest absolute Gasteiger partial charge is 0.295 e. The molecule has 2 amide bonds. The molecule has 0 spiro atoms. The van der Waals surface area contributed by atoms with E-state index in [1.807, 2.05) is 60.7 Å². The molecule has 1 aliphatic heterocycles. The molecule has 50 heavy (non-hydrogen) atoms. The number of ether oxygens (including phenoxy) is 2. The quantitative estimate of drug-likeness (QED) is 0.147. The molecule has 0 radical (unpaired) electrons. The minimum atomic E-state index is -0.567. The first-order valence-corrected chi connectivity index (χ1v) is 15.5. The molecule has 1 aliphatic carbocycles. The summed E-state index contributed by atoms with van der Waals surface area (Å²) in [5.41, 5.74) is 6.84. The number of nitrogens with one attached hydrogen (secondary N) is 2. The maximum Gasteiger partial charge on any atom is 0.295 e. The summed E-state index contributed by atoms with van der Waals surface area (Å²) in [5, 5.41) is 30.9. The van der Waals surface area contributed by atoms with Crippen molar-refractivity contribution in [1.29, 1.82) is 0 Å². The fraction of sp³-hybridized carbons (Fsp3) is 0.111. The van der Waals surface area contributed by atoms with Crippen LogP contribution in [-0.2, 0) is 13.1 Å². The molecular weight excluding hydrogens is 636 g/mol. The summed E-state index contributed by atoms with van der Waals surface area (Å²) < 4.78 is 10.4. The van der Waals surface area contributed by atoms with Gasteiger partial charge in [-0.2, -0.15) is 25.2 Å². The van der Waals surface area contributed by atoms with E-state index in [2.05, 4.69) is 25.9 Å². The molecule has 0 saturated heterocycles. The van der Waals surface area contributed by atoms with Gasteiger partial charge in [0, 0.05) is 11.1 Å². The van der Waals surface area contributed by atoms with Crippen LogP contribution in [0.5, 0.6) is 11.5 Å². The van der Waals surface area contributed by atoms with Gasteiger partial charge in [0.1, 0.15) is 45.0 Å². The van der Waals surface area contributed by atoms with Crippen molar-refractivity contribution in [2.45, 2.75) is 13.1 Å². The van der Waals surface area contributed by atoms with Gasteiger partial charge >= 0.3 is 0 Å². The number of aromatic nitrogens is 6. The Morgan fingerprint density at radius 1 is 0.720 bits per heavy atom. The number of fused-ring (bicyclic) bond motifs is 2. The fourth-order valence-electron chi connectivity index (χ4n) is 5.26. The van der Waals surface area contributed by atoms with Crippen LogP contribution in [0.2, 0.25) is 0 Å². The van der Waals surface area contributed by atoms with E-state index in [9.17, 15) is 9.59 Å². The number of azo groups is 1. The Morgan fingerprint density at radius 3 is 1.92 bits per heavy atom. The number of hydrogen-bond donors (Lipinski definition) is 2. The van der Waals surface area contributed by atoms with E-state index in [0.717, 1.165) is 11.1 Å². The molecule has 0 unspecified atom stereocenters. The zero-order chi connectivity index (χ0) is 34.5. The Hall–Kier alpha value is -6.96. The molecule has 14 nitrogen and oxygen atoms in total. The van der Waals surface area contributed by atoms with Crippen LogP contribution in [-0.4, -0.2) is 56.0 Å². The molecule has 4 aromatic carbocycles. The largest absolute Gasteiger partial charge is 0.497 e. The molecule has 0 atom stereocenters. The number of aromatic amines is 1. The first-order valence-electron chi connectivity index (χ1n) is 15.5. The average molecular weight is 667 g/mol. The van der Waals surface area contributed by atoms with E-state index in [4.69, 9.17) is 24.8 Å². The van der Waals surface area contributed by atoms with Gasteiger partial charge in [-0.3, -0.25) is 14.7 Å². The van der Waals surface area contributed by atoms with Crippen molar-refractivity contribution in [2.24, 2.45) is 15.3 Å². The van der Waals surface area contributed by atoms with Crippen molar-refractivity contribution in [1.82, 2.24) is 35.4 Å². The van der Waals surface area contributed by atoms with Gasteiger partial charge in [-0.15, -0.1) is 10.2 Å². The summed E-state index contributed by atoms with van der Waals surface area (Å²) in [4.78, 5) is 29.5. The van der Waals surface area contributed by atoms with E-state index in [1.165, 1.54) is 4.80 Å². The van der Waals surface area contributed by atoms with Crippen molar-refractivity contribution in [3.63, 3.8) is 0 Å². The number of nitrogens with zero attached hydrogens (tertiary/aromatic N) is 8. The van der Waals surface area contributed by atoms with Crippen LogP contribution >= 0.6 is 0 Å². The monoisotopic (exact) mass is 666 g/mol. The van der Waals surface area contributed by atoms with Crippen molar-refractivity contribution >= 4 is 28.5 Å². The van der Waals surface area contributed by atoms with Crippen molar-refractivity contribution in [3.05, 3.63) is 137 Å². The van der Waals surface area contributed by atoms with Gasteiger partial charge in [-0.25, -0.2) is 10.2 Å². The Balaban J connectivity index is 1.38. The van der Waals surface area contributed by atoms with Gasteiger partial charge in [-0.05, 0) is 59.7 Å². The Kier molecular flexibility index (Phi) is 8.88. The van der Waals surface area contributed by atoms with Gasteiger partial charge in [0.2, 0.25) is 0 Å². The minimum absolute atomic E-state index is 0.232. The van der Waals surface area contributed by atoms with Crippen LogP contribution in [0.15, 0.2) is 125 Å². The highest BCUT2D eigenvalue weighted by atomic mass is 16.5. The Morgan fingerprint density at radius 2 is 1.30 bits per heavy atom.